The summed E-state index contributed by atoms with van der Waals surface area (Å²) in [5, 5.41) is 0.661. The largest absolute Gasteiger partial charge is 0.384 e. The maximum absolute atomic E-state index is 5.95. The van der Waals surface area contributed by atoms with Gasteiger partial charge in [-0.25, -0.2) is 9.97 Å². The monoisotopic (exact) mass is 311 g/mol. The van der Waals surface area contributed by atoms with E-state index < -0.39 is 0 Å². The fourth-order valence-electron chi connectivity index (χ4n) is 1.46. The second kappa shape index (κ2) is 5.02. The highest BCUT2D eigenvalue weighted by atomic mass is 79.9. The van der Waals surface area contributed by atoms with Gasteiger partial charge in [-0.2, -0.15) is 0 Å². The van der Waals surface area contributed by atoms with Gasteiger partial charge in [-0.3, -0.25) is 0 Å². The van der Waals surface area contributed by atoms with Crippen LogP contribution in [0.4, 0.5) is 5.82 Å². The first-order valence-electron chi connectivity index (χ1n) is 5.19. The summed E-state index contributed by atoms with van der Waals surface area (Å²) in [5.41, 5.74) is 7.57. The van der Waals surface area contributed by atoms with Crippen LogP contribution >= 0.6 is 27.5 Å². The summed E-state index contributed by atoms with van der Waals surface area (Å²) in [7, 11) is 0. The smallest absolute Gasteiger partial charge is 0.161 e. The standard InChI is InChI=1S/C12H11BrClN3/c1-2-8-6-11(15)17-12(16-8)7-3-4-10(14)9(13)5-7/h3-6H,2H2,1H3,(H2,15,16,17). The van der Waals surface area contributed by atoms with Crippen molar-refractivity contribution in [2.75, 3.05) is 5.73 Å². The zero-order valence-corrected chi connectivity index (χ0v) is 11.6. The Kier molecular flexibility index (Phi) is 3.64. The van der Waals surface area contributed by atoms with Crippen molar-refractivity contribution in [3.63, 3.8) is 0 Å². The Bertz CT molecular complexity index is 557. The Hall–Kier alpha value is -1.13. The summed E-state index contributed by atoms with van der Waals surface area (Å²) in [6.07, 6.45) is 0.828. The summed E-state index contributed by atoms with van der Waals surface area (Å²) < 4.78 is 0.820. The van der Waals surface area contributed by atoms with E-state index in [2.05, 4.69) is 25.9 Å². The minimum Gasteiger partial charge on any atom is -0.384 e. The van der Waals surface area contributed by atoms with Crippen molar-refractivity contribution in [1.29, 1.82) is 0 Å². The lowest BCUT2D eigenvalue weighted by Gasteiger charge is -2.05. The third kappa shape index (κ3) is 2.76. The normalized spacial score (nSPS) is 10.5. The molecule has 2 aromatic rings. The van der Waals surface area contributed by atoms with Crippen LogP contribution in [-0.2, 0) is 6.42 Å². The van der Waals surface area contributed by atoms with Gasteiger partial charge in [-0.1, -0.05) is 18.5 Å². The Morgan fingerprint density at radius 2 is 2.06 bits per heavy atom. The highest BCUT2D eigenvalue weighted by Gasteiger charge is 2.06. The first kappa shape index (κ1) is 12.3. The van der Waals surface area contributed by atoms with Gasteiger partial charge in [-0.05, 0) is 40.5 Å². The summed E-state index contributed by atoms with van der Waals surface area (Å²) >= 11 is 9.32. The molecule has 5 heteroatoms. The highest BCUT2D eigenvalue weighted by molar-refractivity contribution is 9.10. The van der Waals surface area contributed by atoms with Gasteiger partial charge in [0.1, 0.15) is 5.82 Å². The van der Waals surface area contributed by atoms with Crippen molar-refractivity contribution < 1.29 is 0 Å². The molecule has 0 amide bonds. The highest BCUT2D eigenvalue weighted by Crippen LogP contribution is 2.27. The molecule has 2 N–H and O–H groups in total. The van der Waals surface area contributed by atoms with Crippen molar-refractivity contribution in [3.8, 4) is 11.4 Å². The van der Waals surface area contributed by atoms with Crippen LogP contribution in [0.2, 0.25) is 5.02 Å². The molecule has 0 bridgehead atoms. The lowest BCUT2D eigenvalue weighted by molar-refractivity contribution is 1.01. The third-order valence-electron chi connectivity index (χ3n) is 2.34. The molecule has 1 aromatic heterocycles. The van der Waals surface area contributed by atoms with E-state index in [1.807, 2.05) is 19.1 Å². The summed E-state index contributed by atoms with van der Waals surface area (Å²) in [6.45, 7) is 2.03. The van der Waals surface area contributed by atoms with Gasteiger partial charge >= 0.3 is 0 Å². The Labute approximate surface area is 113 Å². The molecule has 0 aliphatic heterocycles. The number of hydrogen-bond acceptors (Lipinski definition) is 3. The molecule has 3 nitrogen and oxygen atoms in total. The quantitative estimate of drug-likeness (QED) is 0.920. The SMILES string of the molecule is CCc1cc(N)nc(-c2ccc(Cl)c(Br)c2)n1. The molecule has 1 aromatic carbocycles. The first-order valence-corrected chi connectivity index (χ1v) is 6.36. The molecular weight excluding hydrogens is 302 g/mol. The van der Waals surface area contributed by atoms with Crippen LogP contribution in [0.1, 0.15) is 12.6 Å². The predicted octanol–water partition coefficient (Wildman–Crippen LogP) is 3.70. The molecule has 0 atom stereocenters. The number of nitrogens with two attached hydrogens (primary N) is 1. The van der Waals surface area contributed by atoms with E-state index in [0.29, 0.717) is 16.7 Å². The molecular formula is C12H11BrClN3. The number of benzene rings is 1. The van der Waals surface area contributed by atoms with E-state index in [9.17, 15) is 0 Å². The average molecular weight is 313 g/mol. The molecule has 0 fully saturated rings. The molecule has 2 rings (SSSR count). The Morgan fingerprint density at radius 1 is 1.29 bits per heavy atom. The van der Waals surface area contributed by atoms with Crippen LogP contribution in [0.25, 0.3) is 11.4 Å². The van der Waals surface area contributed by atoms with Crippen LogP contribution < -0.4 is 5.73 Å². The molecule has 0 radical (unpaired) electrons. The van der Waals surface area contributed by atoms with Gasteiger partial charge in [-0.15, -0.1) is 0 Å². The molecule has 0 aliphatic rings. The average Bonchev–Trinajstić information content (AvgIpc) is 2.32. The second-order valence-corrected chi connectivity index (χ2v) is 4.85. The number of hydrogen-bond donors (Lipinski definition) is 1. The van der Waals surface area contributed by atoms with Gasteiger partial charge in [0, 0.05) is 21.8 Å². The molecule has 0 unspecified atom stereocenters. The summed E-state index contributed by atoms with van der Waals surface area (Å²) in [6, 6.07) is 7.35. The lowest BCUT2D eigenvalue weighted by Crippen LogP contribution is -1.99. The summed E-state index contributed by atoms with van der Waals surface area (Å²) in [4.78, 5) is 8.66. The number of nitrogens with zero attached hydrogens (tertiary/aromatic N) is 2. The minimum atomic E-state index is 0.484. The Balaban J connectivity index is 2.52. The summed E-state index contributed by atoms with van der Waals surface area (Å²) in [5.74, 6) is 1.11. The maximum atomic E-state index is 5.95. The number of aryl methyl sites for hydroxylation is 1. The first-order chi connectivity index (χ1) is 8.10. The molecule has 1 heterocycles. The lowest BCUT2D eigenvalue weighted by atomic mass is 10.2. The van der Waals surface area contributed by atoms with Crippen LogP contribution in [-0.4, -0.2) is 9.97 Å². The molecule has 0 saturated heterocycles. The number of anilines is 1. The van der Waals surface area contributed by atoms with Crippen molar-refractivity contribution in [3.05, 3.63) is 39.5 Å². The van der Waals surface area contributed by atoms with E-state index >= 15 is 0 Å². The predicted molar refractivity (Wildman–Crippen MR) is 74.0 cm³/mol. The fourth-order valence-corrected chi connectivity index (χ4v) is 1.96. The van der Waals surface area contributed by atoms with Gasteiger partial charge in [0.15, 0.2) is 5.82 Å². The molecule has 0 spiro atoms. The zero-order chi connectivity index (χ0) is 12.4. The van der Waals surface area contributed by atoms with Crippen LogP contribution in [0, 0.1) is 0 Å². The van der Waals surface area contributed by atoms with Gasteiger partial charge in [0.25, 0.3) is 0 Å². The van der Waals surface area contributed by atoms with Crippen LogP contribution in [0.15, 0.2) is 28.7 Å². The van der Waals surface area contributed by atoms with E-state index in [1.54, 1.807) is 12.1 Å². The van der Waals surface area contributed by atoms with Gasteiger partial charge in [0.05, 0.1) is 5.02 Å². The molecule has 0 aliphatic carbocycles. The zero-order valence-electron chi connectivity index (χ0n) is 9.24. The van der Waals surface area contributed by atoms with E-state index in [-0.39, 0.29) is 0 Å². The van der Waals surface area contributed by atoms with Crippen molar-refractivity contribution in [2.24, 2.45) is 0 Å². The number of rotatable bonds is 2. The van der Waals surface area contributed by atoms with E-state index in [1.165, 1.54) is 0 Å². The molecule has 88 valence electrons. The Morgan fingerprint density at radius 3 is 2.71 bits per heavy atom. The van der Waals surface area contributed by atoms with Crippen LogP contribution in [0.3, 0.4) is 0 Å². The maximum Gasteiger partial charge on any atom is 0.161 e. The van der Waals surface area contributed by atoms with E-state index in [0.717, 1.165) is 22.2 Å². The second-order valence-electron chi connectivity index (χ2n) is 3.59. The number of nitrogen functional groups attached to an aromatic ring is 1. The number of aromatic nitrogens is 2. The molecule has 0 saturated carbocycles. The van der Waals surface area contributed by atoms with E-state index in [4.69, 9.17) is 17.3 Å². The van der Waals surface area contributed by atoms with Gasteiger partial charge < -0.3 is 5.73 Å². The topological polar surface area (TPSA) is 51.8 Å². The van der Waals surface area contributed by atoms with Crippen molar-refractivity contribution in [2.45, 2.75) is 13.3 Å². The fraction of sp³-hybridized carbons (Fsp3) is 0.167. The molecule has 17 heavy (non-hydrogen) atoms. The minimum absolute atomic E-state index is 0.484. The third-order valence-corrected chi connectivity index (χ3v) is 3.55. The van der Waals surface area contributed by atoms with Crippen LogP contribution in [0.5, 0.6) is 0 Å². The number of halogens is 2. The van der Waals surface area contributed by atoms with Crippen molar-refractivity contribution >= 4 is 33.3 Å². The van der Waals surface area contributed by atoms with Gasteiger partial charge in [0.2, 0.25) is 0 Å². The van der Waals surface area contributed by atoms with Crippen molar-refractivity contribution in [1.82, 2.24) is 9.97 Å².